The van der Waals surface area contributed by atoms with Gasteiger partial charge in [-0.15, -0.1) is 0 Å². The molecule has 0 aliphatic rings. The number of rotatable bonds is 9. The van der Waals surface area contributed by atoms with E-state index in [1.165, 1.54) is 10.6 Å². The highest BCUT2D eigenvalue weighted by atomic mass is 32.2. The second-order valence-electron chi connectivity index (χ2n) is 7.53. The number of carbonyl (C=O) groups excluding carboxylic acids is 2. The summed E-state index contributed by atoms with van der Waals surface area (Å²) < 4.78 is 31.0. The number of aryl methyl sites for hydroxylation is 3. The number of hydrogen-bond acceptors (Lipinski definition) is 5. The molecular weight excluding hydrogens is 416 g/mol. The van der Waals surface area contributed by atoms with Gasteiger partial charge < -0.3 is 10.1 Å². The summed E-state index contributed by atoms with van der Waals surface area (Å²) in [6, 6.07) is 10.6. The van der Waals surface area contributed by atoms with Crippen LogP contribution in [-0.4, -0.2) is 39.7 Å². The Labute approximate surface area is 184 Å². The van der Waals surface area contributed by atoms with Crippen LogP contribution in [0.1, 0.15) is 46.8 Å². The van der Waals surface area contributed by atoms with Crippen molar-refractivity contribution in [1.82, 2.24) is 0 Å². The van der Waals surface area contributed by atoms with E-state index in [0.29, 0.717) is 23.4 Å². The van der Waals surface area contributed by atoms with Crippen LogP contribution in [0, 0.1) is 20.8 Å². The minimum absolute atomic E-state index is 0.139. The van der Waals surface area contributed by atoms with Crippen LogP contribution in [0.25, 0.3) is 0 Å². The number of esters is 1. The van der Waals surface area contributed by atoms with Gasteiger partial charge in [0.1, 0.15) is 0 Å². The van der Waals surface area contributed by atoms with Gasteiger partial charge in [0.05, 0.1) is 24.1 Å². The molecule has 2 aromatic carbocycles. The first kappa shape index (κ1) is 24.4. The van der Waals surface area contributed by atoms with Gasteiger partial charge in [-0.3, -0.25) is 9.10 Å². The lowest BCUT2D eigenvalue weighted by Gasteiger charge is -2.24. The first-order valence-electron chi connectivity index (χ1n) is 10.2. The van der Waals surface area contributed by atoms with Gasteiger partial charge >= 0.3 is 5.97 Å². The van der Waals surface area contributed by atoms with Crippen molar-refractivity contribution in [3.8, 4) is 0 Å². The summed E-state index contributed by atoms with van der Waals surface area (Å²) in [7, 11) is -3.49. The first-order chi connectivity index (χ1) is 14.5. The Hall–Kier alpha value is -2.87. The number of nitrogens with one attached hydrogen (secondary N) is 1. The smallest absolute Gasteiger partial charge is 0.338 e. The predicted molar refractivity (Wildman–Crippen MR) is 123 cm³/mol. The van der Waals surface area contributed by atoms with E-state index < -0.39 is 16.0 Å². The standard InChI is InChI=1S/C23H30N2O5S/c1-6-30-23(27)19-12-11-17(3)20(15-19)24-22(26)8-7-13-25(31(5,28)29)21-14-16(2)9-10-18(21)4/h9-12,14-15H,6-8,13H2,1-5H3,(H,24,26). The summed E-state index contributed by atoms with van der Waals surface area (Å²) >= 11 is 0. The van der Waals surface area contributed by atoms with Crippen molar-refractivity contribution in [2.45, 2.75) is 40.5 Å². The van der Waals surface area contributed by atoms with Crippen LogP contribution in [0.3, 0.4) is 0 Å². The molecule has 0 saturated heterocycles. The average molecular weight is 447 g/mol. The summed E-state index contributed by atoms with van der Waals surface area (Å²) in [5.41, 5.74) is 4.15. The summed E-state index contributed by atoms with van der Waals surface area (Å²) in [4.78, 5) is 24.4. The van der Waals surface area contributed by atoms with E-state index in [4.69, 9.17) is 4.74 Å². The van der Waals surface area contributed by atoms with E-state index in [9.17, 15) is 18.0 Å². The maximum atomic E-state index is 12.5. The second-order valence-corrected chi connectivity index (χ2v) is 9.43. The topological polar surface area (TPSA) is 92.8 Å². The maximum absolute atomic E-state index is 12.5. The lowest BCUT2D eigenvalue weighted by molar-refractivity contribution is -0.116. The molecule has 168 valence electrons. The average Bonchev–Trinajstić information content (AvgIpc) is 2.68. The number of ether oxygens (including phenoxy) is 1. The Kier molecular flexibility index (Phi) is 8.21. The van der Waals surface area contributed by atoms with Crippen LogP contribution in [0.5, 0.6) is 0 Å². The first-order valence-corrected chi connectivity index (χ1v) is 12.0. The Morgan fingerprint density at radius 3 is 2.35 bits per heavy atom. The Balaban J connectivity index is 2.06. The van der Waals surface area contributed by atoms with Gasteiger partial charge in [-0.25, -0.2) is 13.2 Å². The zero-order chi connectivity index (χ0) is 23.2. The molecule has 0 aliphatic carbocycles. The van der Waals surface area contributed by atoms with Crippen molar-refractivity contribution in [3.05, 3.63) is 58.7 Å². The van der Waals surface area contributed by atoms with Crippen molar-refractivity contribution in [3.63, 3.8) is 0 Å². The normalized spacial score (nSPS) is 11.1. The molecule has 2 aromatic rings. The lowest BCUT2D eigenvalue weighted by Crippen LogP contribution is -2.32. The molecule has 0 aromatic heterocycles. The van der Waals surface area contributed by atoms with Crippen LogP contribution in [0.15, 0.2) is 36.4 Å². The van der Waals surface area contributed by atoms with Crippen molar-refractivity contribution in [1.29, 1.82) is 0 Å². The van der Waals surface area contributed by atoms with E-state index in [0.717, 1.165) is 16.7 Å². The fourth-order valence-electron chi connectivity index (χ4n) is 3.15. The van der Waals surface area contributed by atoms with Gasteiger partial charge in [0.15, 0.2) is 0 Å². The number of carbonyl (C=O) groups is 2. The number of benzene rings is 2. The van der Waals surface area contributed by atoms with Gasteiger partial charge in [-0.05, 0) is 69.0 Å². The fourth-order valence-corrected chi connectivity index (χ4v) is 4.16. The fraction of sp³-hybridized carbons (Fsp3) is 0.391. The van der Waals surface area contributed by atoms with Gasteiger partial charge in [-0.1, -0.05) is 18.2 Å². The molecule has 1 amide bonds. The molecule has 0 unspecified atom stereocenters. The molecule has 0 atom stereocenters. The maximum Gasteiger partial charge on any atom is 0.338 e. The van der Waals surface area contributed by atoms with E-state index in [1.54, 1.807) is 25.1 Å². The van der Waals surface area contributed by atoms with Gasteiger partial charge in [0.2, 0.25) is 15.9 Å². The number of hydrogen-bond donors (Lipinski definition) is 1. The molecule has 7 nitrogen and oxygen atoms in total. The van der Waals surface area contributed by atoms with Crippen LogP contribution in [0.2, 0.25) is 0 Å². The van der Waals surface area contributed by atoms with E-state index in [1.807, 2.05) is 39.0 Å². The quantitative estimate of drug-likeness (QED) is 0.588. The molecule has 0 spiro atoms. The number of amides is 1. The third kappa shape index (κ3) is 6.82. The second kappa shape index (κ2) is 10.4. The monoisotopic (exact) mass is 446 g/mol. The summed E-state index contributed by atoms with van der Waals surface area (Å²) in [6.45, 7) is 7.79. The molecule has 8 heteroatoms. The van der Waals surface area contributed by atoms with Crippen molar-refractivity contribution < 1.29 is 22.7 Å². The third-order valence-corrected chi connectivity index (χ3v) is 6.00. The molecule has 0 radical (unpaired) electrons. The molecule has 0 bridgehead atoms. The van der Waals surface area contributed by atoms with Gasteiger partial charge in [0.25, 0.3) is 0 Å². The van der Waals surface area contributed by atoms with E-state index in [-0.39, 0.29) is 25.5 Å². The number of sulfonamides is 1. The van der Waals surface area contributed by atoms with E-state index in [2.05, 4.69) is 5.32 Å². The van der Waals surface area contributed by atoms with Crippen LogP contribution in [-0.2, 0) is 19.6 Å². The number of nitrogens with zero attached hydrogens (tertiary/aromatic N) is 1. The van der Waals surface area contributed by atoms with E-state index >= 15 is 0 Å². The highest BCUT2D eigenvalue weighted by Gasteiger charge is 2.20. The SMILES string of the molecule is CCOC(=O)c1ccc(C)c(NC(=O)CCCN(c2cc(C)ccc2C)S(C)(=O)=O)c1. The molecule has 2 rings (SSSR count). The highest BCUT2D eigenvalue weighted by Crippen LogP contribution is 2.24. The molecular formula is C23H30N2O5S. The molecule has 31 heavy (non-hydrogen) atoms. The largest absolute Gasteiger partial charge is 0.462 e. The van der Waals surface area contributed by atoms with Crippen molar-refractivity contribution in [2.24, 2.45) is 0 Å². The molecule has 1 N–H and O–H groups in total. The van der Waals surface area contributed by atoms with Crippen LogP contribution >= 0.6 is 0 Å². The molecule has 0 saturated carbocycles. The predicted octanol–water partition coefficient (Wildman–Crippen LogP) is 3.97. The summed E-state index contributed by atoms with van der Waals surface area (Å²) in [6.07, 6.45) is 1.65. The van der Waals surface area contributed by atoms with Crippen LogP contribution < -0.4 is 9.62 Å². The highest BCUT2D eigenvalue weighted by molar-refractivity contribution is 7.92. The van der Waals surface area contributed by atoms with Crippen molar-refractivity contribution in [2.75, 3.05) is 29.0 Å². The third-order valence-electron chi connectivity index (χ3n) is 4.82. The molecule has 0 heterocycles. The lowest BCUT2D eigenvalue weighted by atomic mass is 10.1. The number of anilines is 2. The summed E-state index contributed by atoms with van der Waals surface area (Å²) in [5, 5.41) is 2.81. The van der Waals surface area contributed by atoms with Gasteiger partial charge in [-0.2, -0.15) is 0 Å². The Morgan fingerprint density at radius 2 is 1.71 bits per heavy atom. The Morgan fingerprint density at radius 1 is 1.03 bits per heavy atom. The van der Waals surface area contributed by atoms with Crippen molar-refractivity contribution >= 4 is 33.3 Å². The van der Waals surface area contributed by atoms with Gasteiger partial charge in [0, 0.05) is 18.7 Å². The minimum Gasteiger partial charge on any atom is -0.462 e. The molecule has 0 aliphatic heterocycles. The zero-order valence-electron chi connectivity index (χ0n) is 18.7. The van der Waals surface area contributed by atoms with Crippen LogP contribution in [0.4, 0.5) is 11.4 Å². The summed E-state index contributed by atoms with van der Waals surface area (Å²) in [5.74, 6) is -0.700. The Bertz CT molecular complexity index is 1060. The zero-order valence-corrected chi connectivity index (χ0v) is 19.5. The minimum atomic E-state index is -3.49. The molecule has 0 fully saturated rings.